The van der Waals surface area contributed by atoms with Gasteiger partial charge in [0.25, 0.3) is 0 Å². The van der Waals surface area contributed by atoms with Gasteiger partial charge < -0.3 is 4.89 Å². The van der Waals surface area contributed by atoms with Crippen molar-refractivity contribution in [1.82, 2.24) is 0 Å². The van der Waals surface area contributed by atoms with E-state index in [-0.39, 0.29) is 12.2 Å². The normalized spacial score (nSPS) is 26.7. The number of fused-ring (bicyclic) bond motifs is 1. The van der Waals surface area contributed by atoms with Gasteiger partial charge >= 0.3 is 7.82 Å². The van der Waals surface area contributed by atoms with Crippen molar-refractivity contribution in [1.29, 1.82) is 0 Å². The molecule has 5 heteroatoms. The van der Waals surface area contributed by atoms with Gasteiger partial charge in [-0.1, -0.05) is 61.7 Å². The van der Waals surface area contributed by atoms with E-state index in [1.54, 1.807) is 0 Å². The fraction of sp³-hybridized carbons (Fsp3) is 0.545. The van der Waals surface area contributed by atoms with E-state index in [1.165, 1.54) is 22.8 Å². The van der Waals surface area contributed by atoms with Crippen LogP contribution in [0.25, 0.3) is 10.8 Å². The molecule has 27 heavy (non-hydrogen) atoms. The first-order chi connectivity index (χ1) is 13.1. The van der Waals surface area contributed by atoms with Crippen LogP contribution in [0.1, 0.15) is 69.3 Å². The second-order valence-electron chi connectivity index (χ2n) is 8.02. The summed E-state index contributed by atoms with van der Waals surface area (Å²) in [5.41, 5.74) is 1.36. The van der Waals surface area contributed by atoms with Gasteiger partial charge in [-0.15, -0.1) is 0 Å². The van der Waals surface area contributed by atoms with Crippen LogP contribution in [0.4, 0.5) is 0 Å². The molecule has 0 heterocycles. The highest BCUT2D eigenvalue weighted by atomic mass is 31.2. The van der Waals surface area contributed by atoms with Gasteiger partial charge in [0.05, 0.1) is 12.2 Å². The lowest BCUT2D eigenvalue weighted by molar-refractivity contribution is 0.0455. The van der Waals surface area contributed by atoms with Gasteiger partial charge in [0.15, 0.2) is 0 Å². The van der Waals surface area contributed by atoms with Crippen molar-refractivity contribution in [3.63, 3.8) is 0 Å². The van der Waals surface area contributed by atoms with Gasteiger partial charge in [0.1, 0.15) is 0 Å². The van der Waals surface area contributed by atoms with Gasteiger partial charge in [-0.25, -0.2) is 4.57 Å². The minimum Gasteiger partial charge on any atom is -0.302 e. The molecule has 2 saturated carbocycles. The van der Waals surface area contributed by atoms with Crippen LogP contribution in [-0.2, 0) is 13.6 Å². The average Bonchev–Trinajstić information content (AvgIpc) is 2.68. The van der Waals surface area contributed by atoms with Gasteiger partial charge in [-0.2, -0.15) is 0 Å². The molecule has 2 aromatic rings. The molecule has 2 fully saturated rings. The largest absolute Gasteiger partial charge is 0.472 e. The summed E-state index contributed by atoms with van der Waals surface area (Å²) in [5.74, 6) is 0.492. The summed E-state index contributed by atoms with van der Waals surface area (Å²) in [5, 5.41) is 2.54. The van der Waals surface area contributed by atoms with Gasteiger partial charge in [0, 0.05) is 0 Å². The Morgan fingerprint density at radius 1 is 0.778 bits per heavy atom. The van der Waals surface area contributed by atoms with E-state index in [0.29, 0.717) is 5.92 Å². The molecule has 0 spiro atoms. The molecule has 4 rings (SSSR count). The Morgan fingerprint density at radius 3 is 2.11 bits per heavy atom. The molecular weight excluding hydrogens is 359 g/mol. The van der Waals surface area contributed by atoms with E-state index in [2.05, 4.69) is 42.5 Å². The van der Waals surface area contributed by atoms with E-state index in [1.807, 2.05) is 0 Å². The zero-order chi connectivity index (χ0) is 18.7. The molecule has 2 aliphatic rings. The summed E-state index contributed by atoms with van der Waals surface area (Å²) in [6.07, 6.45) is 8.32. The fourth-order valence-corrected chi connectivity index (χ4v) is 5.76. The van der Waals surface area contributed by atoms with Crippen LogP contribution < -0.4 is 0 Å². The number of rotatable bonds is 5. The standard InChI is InChI=1S/C22H29O4P/c23-27(24,25-21-8-2-1-3-9-21)26-22-14-12-18(13-15-22)20-11-10-17-6-4-5-7-19(17)16-20/h4-7,10-11,16,18,21-22H,1-3,8-9,12-15H2,(H,23,24). The third-order valence-corrected chi connectivity index (χ3v) is 7.17. The monoisotopic (exact) mass is 388 g/mol. The maximum Gasteiger partial charge on any atom is 0.472 e. The van der Waals surface area contributed by atoms with Crippen molar-refractivity contribution in [3.05, 3.63) is 48.0 Å². The molecular formula is C22H29O4P. The Hall–Kier alpha value is -1.19. The minimum absolute atomic E-state index is 0.122. The predicted octanol–water partition coefficient (Wildman–Crippen LogP) is 6.33. The molecule has 0 radical (unpaired) electrons. The van der Waals surface area contributed by atoms with Crippen LogP contribution in [0.3, 0.4) is 0 Å². The first-order valence-electron chi connectivity index (χ1n) is 10.3. The van der Waals surface area contributed by atoms with Crippen molar-refractivity contribution < 1.29 is 18.5 Å². The summed E-state index contributed by atoms with van der Waals surface area (Å²) >= 11 is 0. The third kappa shape index (κ3) is 5.00. The molecule has 2 aromatic carbocycles. The highest BCUT2D eigenvalue weighted by Gasteiger charge is 2.33. The lowest BCUT2D eigenvalue weighted by atomic mass is 9.82. The number of phosphoric acid groups is 1. The summed E-state index contributed by atoms with van der Waals surface area (Å²) in [6.45, 7) is 0. The van der Waals surface area contributed by atoms with Crippen LogP contribution in [-0.4, -0.2) is 17.1 Å². The molecule has 0 amide bonds. The quantitative estimate of drug-likeness (QED) is 0.608. The Bertz CT molecular complexity index is 807. The van der Waals surface area contributed by atoms with E-state index < -0.39 is 7.82 Å². The SMILES string of the molecule is O=P(O)(OC1CCCCC1)OC1CCC(c2ccc3ccccc3c2)CC1. The maximum absolute atomic E-state index is 12.4. The zero-order valence-corrected chi connectivity index (χ0v) is 16.7. The summed E-state index contributed by atoms with van der Waals surface area (Å²) in [7, 11) is -3.95. The average molecular weight is 388 g/mol. The number of benzene rings is 2. The van der Waals surface area contributed by atoms with E-state index in [9.17, 15) is 9.46 Å². The third-order valence-electron chi connectivity index (χ3n) is 6.04. The molecule has 0 aromatic heterocycles. The lowest BCUT2D eigenvalue weighted by Gasteiger charge is -2.31. The molecule has 1 atom stereocenters. The number of hydrogen-bond donors (Lipinski definition) is 1. The highest BCUT2D eigenvalue weighted by molar-refractivity contribution is 7.47. The molecule has 1 unspecified atom stereocenters. The Morgan fingerprint density at radius 2 is 1.41 bits per heavy atom. The maximum atomic E-state index is 12.4. The van der Waals surface area contributed by atoms with E-state index >= 15 is 0 Å². The van der Waals surface area contributed by atoms with Crippen LogP contribution in [0.15, 0.2) is 42.5 Å². The summed E-state index contributed by atoms with van der Waals surface area (Å²) in [4.78, 5) is 10.1. The molecule has 1 N–H and O–H groups in total. The van der Waals surface area contributed by atoms with Crippen molar-refractivity contribution in [2.75, 3.05) is 0 Å². The summed E-state index contributed by atoms with van der Waals surface area (Å²) < 4.78 is 23.3. The second kappa shape index (κ2) is 8.45. The topological polar surface area (TPSA) is 55.8 Å². The Labute approximate surface area is 161 Å². The smallest absolute Gasteiger partial charge is 0.302 e. The number of hydrogen-bond acceptors (Lipinski definition) is 3. The molecule has 0 saturated heterocycles. The fourth-order valence-electron chi connectivity index (χ4n) is 4.54. The number of phosphoric ester groups is 1. The molecule has 4 nitrogen and oxygen atoms in total. The van der Waals surface area contributed by atoms with Crippen LogP contribution in [0.2, 0.25) is 0 Å². The van der Waals surface area contributed by atoms with Crippen LogP contribution in [0, 0.1) is 0 Å². The van der Waals surface area contributed by atoms with Gasteiger partial charge in [-0.3, -0.25) is 9.05 Å². The first kappa shape index (κ1) is 19.1. The second-order valence-corrected chi connectivity index (χ2v) is 9.38. The summed E-state index contributed by atoms with van der Waals surface area (Å²) in [6, 6.07) is 15.1. The zero-order valence-electron chi connectivity index (χ0n) is 15.8. The molecule has 0 bridgehead atoms. The molecule has 0 aliphatic heterocycles. The van der Waals surface area contributed by atoms with Crippen molar-refractivity contribution >= 4 is 18.6 Å². The molecule has 146 valence electrons. The first-order valence-corrected chi connectivity index (χ1v) is 11.8. The minimum atomic E-state index is -3.95. The van der Waals surface area contributed by atoms with Gasteiger partial charge in [-0.05, 0) is 60.8 Å². The van der Waals surface area contributed by atoms with E-state index in [0.717, 1.165) is 51.4 Å². The Balaban J connectivity index is 1.32. The predicted molar refractivity (Wildman–Crippen MR) is 108 cm³/mol. The van der Waals surface area contributed by atoms with Crippen molar-refractivity contribution in [3.8, 4) is 0 Å². The Kier molecular flexibility index (Phi) is 5.99. The van der Waals surface area contributed by atoms with Crippen LogP contribution in [0.5, 0.6) is 0 Å². The van der Waals surface area contributed by atoms with Crippen molar-refractivity contribution in [2.45, 2.75) is 75.9 Å². The lowest BCUT2D eigenvalue weighted by Crippen LogP contribution is -2.22. The molecule has 2 aliphatic carbocycles. The van der Waals surface area contributed by atoms with Crippen molar-refractivity contribution in [2.24, 2.45) is 0 Å². The van der Waals surface area contributed by atoms with E-state index in [4.69, 9.17) is 9.05 Å². The highest BCUT2D eigenvalue weighted by Crippen LogP contribution is 2.50. The van der Waals surface area contributed by atoms with Crippen LogP contribution >= 0.6 is 7.82 Å². The van der Waals surface area contributed by atoms with Gasteiger partial charge in [0.2, 0.25) is 0 Å².